The fraction of sp³-hybridized carbons (Fsp3) is 0.231. The van der Waals surface area contributed by atoms with Crippen LogP contribution in [0.2, 0.25) is 5.02 Å². The number of hydrogen-bond donors (Lipinski definition) is 5. The van der Waals surface area contributed by atoms with Gasteiger partial charge in [-0.2, -0.15) is 0 Å². The van der Waals surface area contributed by atoms with Gasteiger partial charge in [0.2, 0.25) is 6.41 Å². The third-order valence-electron chi connectivity index (χ3n) is 5.07. The first-order valence-electron chi connectivity index (χ1n) is 10.8. The fourth-order valence-electron chi connectivity index (χ4n) is 3.15. The highest BCUT2D eigenvalue weighted by atomic mass is 35.5. The number of anilines is 1. The molecule has 35 heavy (non-hydrogen) atoms. The number of ether oxygens (including phenoxy) is 1. The molecule has 0 fully saturated rings. The highest BCUT2D eigenvalue weighted by Crippen LogP contribution is 2.26. The number of nitrogens with one attached hydrogen (secondary N) is 2. The summed E-state index contributed by atoms with van der Waals surface area (Å²) in [5, 5.41) is 34.6. The number of carboxylic acid groups (broad SMARTS) is 1. The maximum atomic E-state index is 10.5. The molecule has 2 atom stereocenters. The van der Waals surface area contributed by atoms with Gasteiger partial charge in [-0.25, -0.2) is 4.79 Å². The van der Waals surface area contributed by atoms with Crippen molar-refractivity contribution in [2.75, 3.05) is 19.0 Å². The van der Waals surface area contributed by atoms with Gasteiger partial charge in [0, 0.05) is 17.6 Å². The number of carbonyl (C=O) groups excluding carboxylic acids is 1. The number of halogens is 1. The monoisotopic (exact) mass is 500 g/mol. The topological polar surface area (TPSA) is 128 Å². The summed E-state index contributed by atoms with van der Waals surface area (Å²) < 4.78 is 5.14. The Hall–Kier alpha value is -3.59. The number of phenolic OH excluding ortho intramolecular Hbond substituents is 1. The largest absolute Gasteiger partial charge is 0.506 e. The quantitative estimate of drug-likeness (QED) is 0.208. The molecule has 0 heterocycles. The van der Waals surface area contributed by atoms with Crippen LogP contribution in [0.1, 0.15) is 34.5 Å². The number of hydrogen-bond acceptors (Lipinski definition) is 6. The molecule has 5 N–H and O–H groups in total. The zero-order valence-electron chi connectivity index (χ0n) is 19.4. The lowest BCUT2D eigenvalue weighted by Crippen LogP contribution is -2.32. The minimum absolute atomic E-state index is 0.0381. The van der Waals surface area contributed by atoms with Gasteiger partial charge in [-0.05, 0) is 73.0 Å². The number of benzene rings is 3. The Kier molecular flexibility index (Phi) is 11.0. The second-order valence-electron chi connectivity index (χ2n) is 7.73. The van der Waals surface area contributed by atoms with Crippen LogP contribution >= 0.6 is 11.6 Å². The van der Waals surface area contributed by atoms with E-state index in [1.807, 2.05) is 31.2 Å². The summed E-state index contributed by atoms with van der Waals surface area (Å²) in [4.78, 5) is 20.8. The minimum atomic E-state index is -0.934. The summed E-state index contributed by atoms with van der Waals surface area (Å²) in [6.07, 6.45) is 0.566. The van der Waals surface area contributed by atoms with E-state index in [0.29, 0.717) is 23.5 Å². The predicted molar refractivity (Wildman–Crippen MR) is 135 cm³/mol. The number of phenols is 1. The first-order valence-corrected chi connectivity index (χ1v) is 11.2. The van der Waals surface area contributed by atoms with Crippen LogP contribution in [0, 0.1) is 0 Å². The summed E-state index contributed by atoms with van der Waals surface area (Å²) in [6, 6.07) is 18.7. The molecule has 0 aliphatic carbocycles. The highest BCUT2D eigenvalue weighted by Gasteiger charge is 2.12. The lowest BCUT2D eigenvalue weighted by Gasteiger charge is -2.18. The van der Waals surface area contributed by atoms with Crippen molar-refractivity contribution in [3.05, 3.63) is 88.4 Å². The van der Waals surface area contributed by atoms with Crippen molar-refractivity contribution in [1.29, 1.82) is 0 Å². The molecular formula is C26H29ClN2O6. The molecule has 0 aliphatic heterocycles. The number of aliphatic hydroxyl groups excluding tert-OH is 1. The SMILES string of the molecule is COc1ccc(CC(C)NCC(O)c2ccc(O)c(NC=O)c2)cc1.O=C(O)c1ccc(Cl)cc1. The van der Waals surface area contributed by atoms with Gasteiger partial charge >= 0.3 is 5.97 Å². The molecule has 0 radical (unpaired) electrons. The molecule has 0 saturated heterocycles. The van der Waals surface area contributed by atoms with E-state index in [-0.39, 0.29) is 23.0 Å². The molecular weight excluding hydrogens is 472 g/mol. The fourth-order valence-corrected chi connectivity index (χ4v) is 3.28. The molecule has 0 bridgehead atoms. The molecule has 0 spiro atoms. The molecule has 2 unspecified atom stereocenters. The molecule has 3 aromatic carbocycles. The van der Waals surface area contributed by atoms with Crippen LogP contribution < -0.4 is 15.4 Å². The van der Waals surface area contributed by atoms with Gasteiger partial charge in [0.05, 0.1) is 24.5 Å². The van der Waals surface area contributed by atoms with Crippen molar-refractivity contribution in [3.8, 4) is 11.5 Å². The maximum absolute atomic E-state index is 10.5. The van der Waals surface area contributed by atoms with Gasteiger partial charge in [0.25, 0.3) is 0 Å². The van der Waals surface area contributed by atoms with Crippen LogP contribution in [0.25, 0.3) is 0 Å². The van der Waals surface area contributed by atoms with Gasteiger partial charge in [0.15, 0.2) is 0 Å². The van der Waals surface area contributed by atoms with E-state index in [4.69, 9.17) is 21.4 Å². The summed E-state index contributed by atoms with van der Waals surface area (Å²) in [5.41, 5.74) is 2.32. The first-order chi connectivity index (χ1) is 16.7. The second kappa shape index (κ2) is 14.0. The van der Waals surface area contributed by atoms with E-state index in [1.54, 1.807) is 31.4 Å². The third kappa shape index (κ3) is 9.29. The molecule has 0 aromatic heterocycles. The Labute approximate surface area is 209 Å². The Bertz CT molecular complexity index is 1090. The zero-order valence-corrected chi connectivity index (χ0v) is 20.2. The summed E-state index contributed by atoms with van der Waals surface area (Å²) in [5.74, 6) is -0.146. The second-order valence-corrected chi connectivity index (χ2v) is 8.16. The number of carbonyl (C=O) groups is 2. The van der Waals surface area contributed by atoms with Crippen molar-refractivity contribution in [2.24, 2.45) is 0 Å². The Morgan fingerprint density at radius 1 is 1.09 bits per heavy atom. The van der Waals surface area contributed by atoms with Crippen LogP contribution in [0.4, 0.5) is 5.69 Å². The van der Waals surface area contributed by atoms with Crippen LogP contribution in [-0.4, -0.2) is 47.4 Å². The Morgan fingerprint density at radius 2 is 1.74 bits per heavy atom. The van der Waals surface area contributed by atoms with E-state index < -0.39 is 12.1 Å². The smallest absolute Gasteiger partial charge is 0.335 e. The third-order valence-corrected chi connectivity index (χ3v) is 5.32. The number of aromatic carboxylic acids is 1. The van der Waals surface area contributed by atoms with E-state index in [0.717, 1.165) is 12.2 Å². The lowest BCUT2D eigenvalue weighted by molar-refractivity contribution is -0.105. The van der Waals surface area contributed by atoms with Crippen molar-refractivity contribution < 1.29 is 29.6 Å². The van der Waals surface area contributed by atoms with Crippen molar-refractivity contribution in [2.45, 2.75) is 25.5 Å². The van der Waals surface area contributed by atoms with Crippen LogP contribution in [0.5, 0.6) is 11.5 Å². The van der Waals surface area contributed by atoms with Crippen LogP contribution in [0.15, 0.2) is 66.7 Å². The van der Waals surface area contributed by atoms with E-state index in [2.05, 4.69) is 10.6 Å². The van der Waals surface area contributed by atoms with Crippen molar-refractivity contribution >= 4 is 29.7 Å². The molecule has 9 heteroatoms. The Morgan fingerprint density at radius 3 is 2.31 bits per heavy atom. The van der Waals surface area contributed by atoms with E-state index in [9.17, 15) is 19.8 Å². The molecule has 0 aliphatic rings. The van der Waals surface area contributed by atoms with Gasteiger partial charge in [-0.3, -0.25) is 4.79 Å². The number of aliphatic hydroxyl groups is 1. The maximum Gasteiger partial charge on any atom is 0.335 e. The highest BCUT2D eigenvalue weighted by molar-refractivity contribution is 6.30. The average Bonchev–Trinajstić information content (AvgIpc) is 2.85. The predicted octanol–water partition coefficient (Wildman–Crippen LogP) is 4.26. The number of carboxylic acids is 1. The first kappa shape index (κ1) is 27.7. The number of methoxy groups -OCH3 is 1. The van der Waals surface area contributed by atoms with Crippen LogP contribution in [0.3, 0.4) is 0 Å². The van der Waals surface area contributed by atoms with E-state index in [1.165, 1.54) is 23.8 Å². The number of amides is 1. The molecule has 0 saturated carbocycles. The van der Waals surface area contributed by atoms with Crippen LogP contribution in [-0.2, 0) is 11.2 Å². The molecule has 3 aromatic rings. The zero-order chi connectivity index (χ0) is 25.8. The molecule has 8 nitrogen and oxygen atoms in total. The van der Waals surface area contributed by atoms with Gasteiger partial charge in [-0.1, -0.05) is 29.8 Å². The lowest BCUT2D eigenvalue weighted by atomic mass is 10.1. The normalized spacial score (nSPS) is 12.0. The summed E-state index contributed by atoms with van der Waals surface area (Å²) in [6.45, 7) is 2.41. The van der Waals surface area contributed by atoms with Gasteiger partial charge in [0.1, 0.15) is 11.5 Å². The standard InChI is InChI=1S/C19H24N2O4.C7H5ClO2/c1-13(9-14-3-6-16(25-2)7-4-14)20-11-19(24)15-5-8-18(23)17(10-15)21-12-22;8-6-3-1-5(2-4-6)7(9)10/h3-8,10,12-13,19-20,23-24H,9,11H2,1-2H3,(H,21,22);1-4H,(H,9,10). The summed E-state index contributed by atoms with van der Waals surface area (Å²) in [7, 11) is 1.64. The molecule has 3 rings (SSSR count). The molecule has 1 amide bonds. The average molecular weight is 501 g/mol. The van der Waals surface area contributed by atoms with Gasteiger partial charge in [-0.15, -0.1) is 0 Å². The van der Waals surface area contributed by atoms with Crippen molar-refractivity contribution in [1.82, 2.24) is 5.32 Å². The summed E-state index contributed by atoms with van der Waals surface area (Å²) >= 11 is 5.52. The number of rotatable bonds is 10. The number of aromatic hydroxyl groups is 1. The molecule has 186 valence electrons. The van der Waals surface area contributed by atoms with E-state index >= 15 is 0 Å². The van der Waals surface area contributed by atoms with Gasteiger partial charge < -0.3 is 30.7 Å². The van der Waals surface area contributed by atoms with Crippen molar-refractivity contribution in [3.63, 3.8) is 0 Å². The Balaban J connectivity index is 0.000000360. The minimum Gasteiger partial charge on any atom is -0.506 e.